The largest absolute Gasteiger partial charge is 0.494 e. The lowest BCUT2D eigenvalue weighted by molar-refractivity contribution is 0.385. The summed E-state index contributed by atoms with van der Waals surface area (Å²) in [4.78, 5) is 0. The van der Waals surface area contributed by atoms with E-state index >= 15 is 0 Å². The Bertz CT molecular complexity index is 357. The van der Waals surface area contributed by atoms with Crippen molar-refractivity contribution in [2.45, 2.75) is 12.5 Å². The van der Waals surface area contributed by atoms with Gasteiger partial charge in [-0.1, -0.05) is 6.07 Å². The van der Waals surface area contributed by atoms with Crippen molar-refractivity contribution in [1.29, 1.82) is 0 Å². The number of ether oxygens (including phenoxy) is 1. The molecule has 1 aromatic carbocycles. The zero-order valence-electron chi connectivity index (χ0n) is 7.96. The molecule has 0 heterocycles. The molecule has 0 aliphatic carbocycles. The summed E-state index contributed by atoms with van der Waals surface area (Å²) in [6.07, 6.45) is 5.56. The monoisotopic (exact) mass is 193 g/mol. The summed E-state index contributed by atoms with van der Waals surface area (Å²) < 4.78 is 17.8. The molecule has 0 saturated carbocycles. The van der Waals surface area contributed by atoms with Gasteiger partial charge in [0.1, 0.15) is 0 Å². The summed E-state index contributed by atoms with van der Waals surface area (Å²) in [5.41, 5.74) is 6.54. The molecular weight excluding hydrogens is 181 g/mol. The smallest absolute Gasteiger partial charge is 0.165 e. The van der Waals surface area contributed by atoms with Crippen LogP contribution in [0.15, 0.2) is 18.2 Å². The van der Waals surface area contributed by atoms with Crippen LogP contribution in [-0.4, -0.2) is 7.11 Å². The molecule has 0 spiro atoms. The van der Waals surface area contributed by atoms with Gasteiger partial charge in [-0.25, -0.2) is 4.39 Å². The van der Waals surface area contributed by atoms with E-state index in [4.69, 9.17) is 16.9 Å². The van der Waals surface area contributed by atoms with Crippen LogP contribution < -0.4 is 10.5 Å². The fraction of sp³-hybridized carbons (Fsp3) is 0.273. The lowest BCUT2D eigenvalue weighted by atomic mass is 10.0. The van der Waals surface area contributed by atoms with Crippen LogP contribution in [0.3, 0.4) is 0 Å². The number of benzene rings is 1. The third kappa shape index (κ3) is 2.24. The van der Waals surface area contributed by atoms with E-state index in [1.807, 2.05) is 0 Å². The number of halogens is 1. The van der Waals surface area contributed by atoms with Crippen molar-refractivity contribution in [3.63, 3.8) is 0 Å². The normalized spacial score (nSPS) is 11.9. The average molecular weight is 193 g/mol. The van der Waals surface area contributed by atoms with Gasteiger partial charge >= 0.3 is 0 Å². The van der Waals surface area contributed by atoms with E-state index < -0.39 is 5.82 Å². The Balaban J connectivity index is 2.95. The van der Waals surface area contributed by atoms with Gasteiger partial charge in [0.2, 0.25) is 0 Å². The molecule has 14 heavy (non-hydrogen) atoms. The number of hydrogen-bond donors (Lipinski definition) is 1. The van der Waals surface area contributed by atoms with Crippen LogP contribution in [-0.2, 0) is 0 Å². The van der Waals surface area contributed by atoms with Gasteiger partial charge in [0.05, 0.1) is 7.11 Å². The minimum absolute atomic E-state index is 0.190. The van der Waals surface area contributed by atoms with Gasteiger partial charge in [-0.2, -0.15) is 0 Å². The van der Waals surface area contributed by atoms with Crippen LogP contribution in [0.25, 0.3) is 0 Å². The van der Waals surface area contributed by atoms with E-state index in [9.17, 15) is 4.39 Å². The van der Waals surface area contributed by atoms with Crippen LogP contribution in [0.4, 0.5) is 4.39 Å². The van der Waals surface area contributed by atoms with Crippen molar-refractivity contribution in [2.24, 2.45) is 5.73 Å². The molecule has 0 aromatic heterocycles. The van der Waals surface area contributed by atoms with Gasteiger partial charge in [-0.15, -0.1) is 12.3 Å². The first kappa shape index (κ1) is 10.6. The quantitative estimate of drug-likeness (QED) is 0.743. The van der Waals surface area contributed by atoms with E-state index in [0.29, 0.717) is 6.42 Å². The minimum atomic E-state index is -0.399. The molecule has 0 bridgehead atoms. The van der Waals surface area contributed by atoms with Crippen molar-refractivity contribution in [1.82, 2.24) is 0 Å². The second kappa shape index (κ2) is 4.64. The van der Waals surface area contributed by atoms with Gasteiger partial charge in [0.15, 0.2) is 11.6 Å². The molecule has 2 nitrogen and oxygen atoms in total. The fourth-order valence-corrected chi connectivity index (χ4v) is 1.15. The molecule has 0 aliphatic heterocycles. The highest BCUT2D eigenvalue weighted by Crippen LogP contribution is 2.22. The molecule has 3 heteroatoms. The highest BCUT2D eigenvalue weighted by atomic mass is 19.1. The van der Waals surface area contributed by atoms with Crippen LogP contribution in [0.2, 0.25) is 0 Å². The second-order valence-electron chi connectivity index (χ2n) is 2.91. The predicted molar refractivity (Wildman–Crippen MR) is 53.3 cm³/mol. The molecule has 0 amide bonds. The molecule has 74 valence electrons. The topological polar surface area (TPSA) is 35.2 Å². The summed E-state index contributed by atoms with van der Waals surface area (Å²) in [5, 5.41) is 0. The summed E-state index contributed by atoms with van der Waals surface area (Å²) >= 11 is 0. The van der Waals surface area contributed by atoms with Crippen LogP contribution in [0, 0.1) is 18.2 Å². The van der Waals surface area contributed by atoms with Gasteiger partial charge in [-0.3, -0.25) is 0 Å². The first-order valence-corrected chi connectivity index (χ1v) is 4.21. The maximum absolute atomic E-state index is 13.0. The standard InChI is InChI=1S/C11H12FNO/c1-3-4-10(13)8-5-6-9(12)11(7-8)14-2/h1,5-7,10H,4,13H2,2H3. The molecule has 1 unspecified atom stereocenters. The number of methoxy groups -OCH3 is 1. The number of nitrogens with two attached hydrogens (primary N) is 1. The number of terminal acetylenes is 1. The van der Waals surface area contributed by atoms with Crippen LogP contribution in [0.1, 0.15) is 18.0 Å². The average Bonchev–Trinajstić information content (AvgIpc) is 2.19. The summed E-state index contributed by atoms with van der Waals surface area (Å²) in [6.45, 7) is 0. The number of hydrogen-bond acceptors (Lipinski definition) is 2. The summed E-state index contributed by atoms with van der Waals surface area (Å²) in [6, 6.07) is 4.23. The Morgan fingerprint density at radius 3 is 2.93 bits per heavy atom. The molecule has 1 aromatic rings. The second-order valence-corrected chi connectivity index (χ2v) is 2.91. The maximum atomic E-state index is 13.0. The summed E-state index contributed by atoms with van der Waals surface area (Å²) in [5.74, 6) is 2.25. The maximum Gasteiger partial charge on any atom is 0.165 e. The molecule has 2 N–H and O–H groups in total. The van der Waals surface area contributed by atoms with Crippen LogP contribution in [0.5, 0.6) is 5.75 Å². The van der Waals surface area contributed by atoms with Gasteiger partial charge in [0, 0.05) is 12.5 Å². The Hall–Kier alpha value is -1.53. The summed E-state index contributed by atoms with van der Waals surface area (Å²) in [7, 11) is 1.41. The van der Waals surface area contributed by atoms with E-state index in [-0.39, 0.29) is 11.8 Å². The Kier molecular flexibility index (Phi) is 3.49. The molecule has 0 aliphatic rings. The molecule has 0 radical (unpaired) electrons. The van der Waals surface area contributed by atoms with E-state index in [1.165, 1.54) is 13.2 Å². The van der Waals surface area contributed by atoms with Crippen molar-refractivity contribution in [3.8, 4) is 18.1 Å². The predicted octanol–water partition coefficient (Wildman–Crippen LogP) is 1.86. The third-order valence-corrected chi connectivity index (χ3v) is 1.94. The lowest BCUT2D eigenvalue weighted by Crippen LogP contribution is -2.09. The molecule has 0 saturated heterocycles. The Morgan fingerprint density at radius 1 is 1.64 bits per heavy atom. The minimum Gasteiger partial charge on any atom is -0.494 e. The highest BCUT2D eigenvalue weighted by molar-refractivity contribution is 5.32. The van der Waals surface area contributed by atoms with E-state index in [0.717, 1.165) is 5.56 Å². The molecular formula is C11H12FNO. The first-order valence-electron chi connectivity index (χ1n) is 4.21. The zero-order valence-corrected chi connectivity index (χ0v) is 7.96. The van der Waals surface area contributed by atoms with E-state index in [1.54, 1.807) is 12.1 Å². The van der Waals surface area contributed by atoms with Gasteiger partial charge in [0.25, 0.3) is 0 Å². The molecule has 1 atom stereocenters. The molecule has 0 fully saturated rings. The first-order chi connectivity index (χ1) is 6.69. The van der Waals surface area contributed by atoms with E-state index in [2.05, 4.69) is 5.92 Å². The van der Waals surface area contributed by atoms with Gasteiger partial charge < -0.3 is 10.5 Å². The molecule has 1 rings (SSSR count). The zero-order chi connectivity index (χ0) is 10.6. The Morgan fingerprint density at radius 2 is 2.36 bits per heavy atom. The van der Waals surface area contributed by atoms with Crippen LogP contribution >= 0.6 is 0 Å². The van der Waals surface area contributed by atoms with Crippen molar-refractivity contribution in [3.05, 3.63) is 29.6 Å². The SMILES string of the molecule is C#CCC(N)c1ccc(F)c(OC)c1. The Labute approximate surface area is 82.9 Å². The lowest BCUT2D eigenvalue weighted by Gasteiger charge is -2.10. The van der Waals surface area contributed by atoms with Crippen molar-refractivity contribution in [2.75, 3.05) is 7.11 Å². The van der Waals surface area contributed by atoms with Crippen molar-refractivity contribution < 1.29 is 9.13 Å². The highest BCUT2D eigenvalue weighted by Gasteiger charge is 2.08. The van der Waals surface area contributed by atoms with Gasteiger partial charge in [-0.05, 0) is 17.7 Å². The fourth-order valence-electron chi connectivity index (χ4n) is 1.15. The van der Waals surface area contributed by atoms with Crippen molar-refractivity contribution >= 4 is 0 Å². The third-order valence-electron chi connectivity index (χ3n) is 1.94. The number of rotatable bonds is 3.